The largest absolute Gasteiger partial charge is 0.497 e. The minimum atomic E-state index is 0. The Morgan fingerprint density at radius 3 is 2.77 bits per heavy atom. The zero-order valence-electron chi connectivity index (χ0n) is 17.9. The van der Waals surface area contributed by atoms with Crippen LogP contribution in [0.15, 0.2) is 53.8 Å². The second kappa shape index (κ2) is 11.0. The number of hydrogen-bond donors (Lipinski definition) is 1. The number of guanidine groups is 1. The molecule has 0 spiro atoms. The highest BCUT2D eigenvalue weighted by Crippen LogP contribution is 2.29. The summed E-state index contributed by atoms with van der Waals surface area (Å²) < 4.78 is 13.0. The average molecular weight is 553 g/mol. The van der Waals surface area contributed by atoms with Crippen molar-refractivity contribution >= 4 is 41.3 Å². The smallest absolute Gasteiger partial charge is 0.194 e. The Morgan fingerprint density at radius 2 is 2.10 bits per heavy atom. The quantitative estimate of drug-likeness (QED) is 0.295. The molecule has 1 saturated heterocycles. The lowest BCUT2D eigenvalue weighted by atomic mass is 10.1. The van der Waals surface area contributed by atoms with Gasteiger partial charge in [0.25, 0.3) is 0 Å². The minimum Gasteiger partial charge on any atom is -0.497 e. The van der Waals surface area contributed by atoms with E-state index in [1.54, 1.807) is 18.4 Å². The summed E-state index contributed by atoms with van der Waals surface area (Å²) >= 11 is 1.79. The van der Waals surface area contributed by atoms with E-state index < -0.39 is 0 Å². The summed E-state index contributed by atoms with van der Waals surface area (Å²) in [6, 6.07) is 12.5. The summed E-state index contributed by atoms with van der Waals surface area (Å²) in [5.41, 5.74) is 2.30. The lowest BCUT2D eigenvalue weighted by Gasteiger charge is -2.34. The summed E-state index contributed by atoms with van der Waals surface area (Å²) in [4.78, 5) is 9.25. The van der Waals surface area contributed by atoms with Crippen LogP contribution >= 0.6 is 35.3 Å². The number of aliphatic imine (C=N–C) groups is 1. The monoisotopic (exact) mass is 553 g/mol. The maximum atomic E-state index is 5.95. The predicted octanol–water partition coefficient (Wildman–Crippen LogP) is 3.92. The number of methoxy groups -OCH3 is 1. The molecule has 31 heavy (non-hydrogen) atoms. The van der Waals surface area contributed by atoms with Crippen molar-refractivity contribution in [2.24, 2.45) is 12.0 Å². The van der Waals surface area contributed by atoms with Crippen molar-refractivity contribution in [2.45, 2.75) is 12.6 Å². The van der Waals surface area contributed by atoms with Crippen LogP contribution in [0, 0.1) is 0 Å². The number of hydrogen-bond acceptors (Lipinski definition) is 5. The number of nitrogens with zero attached hydrogens (tertiary/aromatic N) is 4. The van der Waals surface area contributed by atoms with Crippen molar-refractivity contribution < 1.29 is 9.47 Å². The van der Waals surface area contributed by atoms with Gasteiger partial charge >= 0.3 is 0 Å². The maximum Gasteiger partial charge on any atom is 0.194 e. The van der Waals surface area contributed by atoms with Crippen molar-refractivity contribution in [3.05, 3.63) is 59.2 Å². The highest BCUT2D eigenvalue weighted by molar-refractivity contribution is 14.0. The van der Waals surface area contributed by atoms with Gasteiger partial charge < -0.3 is 19.7 Å². The summed E-state index contributed by atoms with van der Waals surface area (Å²) in [5.74, 6) is 1.77. The average Bonchev–Trinajstić information content (AvgIpc) is 3.44. The molecule has 0 amide bonds. The first-order chi connectivity index (χ1) is 14.7. The van der Waals surface area contributed by atoms with Crippen molar-refractivity contribution in [3.63, 3.8) is 0 Å². The second-order valence-corrected chi connectivity index (χ2v) is 8.32. The molecule has 0 radical (unpaired) electrons. The molecule has 9 heteroatoms. The standard InChI is InChI=1S/C22H27N5O2S.HI/c1-23-22(27-10-11-29-20(15-27)17-12-25-26(2)14-17)24-13-19-8-9-21(30-19)16-4-6-18(28-3)7-5-16;/h4-9,12,14,20H,10-11,13,15H2,1-3H3,(H,23,24);1H. The highest BCUT2D eigenvalue weighted by Gasteiger charge is 2.25. The first kappa shape index (κ1) is 23.6. The number of thiophene rings is 1. The van der Waals surface area contributed by atoms with Gasteiger partial charge in [0.1, 0.15) is 11.9 Å². The first-order valence-corrected chi connectivity index (χ1v) is 10.8. The molecule has 1 aromatic carbocycles. The van der Waals surface area contributed by atoms with Gasteiger partial charge in [0, 0.05) is 42.2 Å². The molecule has 166 valence electrons. The number of ether oxygens (including phenoxy) is 2. The molecular formula is C22H28IN5O2S. The molecule has 0 saturated carbocycles. The number of benzene rings is 1. The van der Waals surface area contributed by atoms with Gasteiger partial charge in [0.2, 0.25) is 0 Å². The van der Waals surface area contributed by atoms with Crippen molar-refractivity contribution in [2.75, 3.05) is 33.9 Å². The van der Waals surface area contributed by atoms with Gasteiger partial charge in [-0.3, -0.25) is 9.67 Å². The predicted molar refractivity (Wildman–Crippen MR) is 135 cm³/mol. The molecule has 7 nitrogen and oxygen atoms in total. The Labute approximate surface area is 204 Å². The number of halogens is 1. The fraction of sp³-hybridized carbons (Fsp3) is 0.364. The zero-order chi connectivity index (χ0) is 20.9. The van der Waals surface area contributed by atoms with Crippen molar-refractivity contribution in [1.29, 1.82) is 0 Å². The number of nitrogens with one attached hydrogen (secondary N) is 1. The van der Waals surface area contributed by atoms with E-state index in [2.05, 4.69) is 44.6 Å². The van der Waals surface area contributed by atoms with Crippen molar-refractivity contribution in [3.8, 4) is 16.2 Å². The van der Waals surface area contributed by atoms with Gasteiger partial charge in [0.15, 0.2) is 5.96 Å². The van der Waals surface area contributed by atoms with Gasteiger partial charge in [-0.1, -0.05) is 0 Å². The molecule has 1 N–H and O–H groups in total. The van der Waals surface area contributed by atoms with Crippen molar-refractivity contribution in [1.82, 2.24) is 20.0 Å². The van der Waals surface area contributed by atoms with Crippen LogP contribution in [0.3, 0.4) is 0 Å². The molecule has 1 unspecified atom stereocenters. The minimum absolute atomic E-state index is 0. The Hall–Kier alpha value is -2.11. The molecule has 2 aromatic heterocycles. The summed E-state index contributed by atoms with van der Waals surface area (Å²) in [5, 5.41) is 7.77. The van der Waals surface area contributed by atoms with E-state index in [0.29, 0.717) is 6.61 Å². The third-order valence-electron chi connectivity index (χ3n) is 5.13. The summed E-state index contributed by atoms with van der Waals surface area (Å²) in [6.45, 7) is 2.98. The van der Waals surface area contributed by atoms with Crippen LogP contribution in [0.4, 0.5) is 0 Å². The van der Waals surface area contributed by atoms with Crippen LogP contribution in [0.25, 0.3) is 10.4 Å². The van der Waals surface area contributed by atoms with E-state index in [-0.39, 0.29) is 30.1 Å². The van der Waals surface area contributed by atoms with Gasteiger partial charge in [-0.2, -0.15) is 5.10 Å². The van der Waals surface area contributed by atoms with Crippen LogP contribution in [-0.2, 0) is 18.3 Å². The Bertz CT molecular complexity index is 1000. The lowest BCUT2D eigenvalue weighted by molar-refractivity contribution is -0.00804. The Kier molecular flexibility index (Phi) is 8.33. The maximum absolute atomic E-state index is 5.95. The van der Waals surface area contributed by atoms with Crippen LogP contribution in [-0.4, -0.2) is 54.5 Å². The Morgan fingerprint density at radius 1 is 1.29 bits per heavy atom. The summed E-state index contributed by atoms with van der Waals surface area (Å²) in [7, 11) is 5.43. The molecule has 1 fully saturated rings. The van der Waals surface area contributed by atoms with Gasteiger partial charge in [-0.25, -0.2) is 0 Å². The Balaban J connectivity index is 0.00000272. The fourth-order valence-corrected chi connectivity index (χ4v) is 4.48. The number of aromatic nitrogens is 2. The zero-order valence-corrected chi connectivity index (χ0v) is 21.1. The summed E-state index contributed by atoms with van der Waals surface area (Å²) in [6.07, 6.45) is 3.89. The molecule has 0 aliphatic carbocycles. The lowest BCUT2D eigenvalue weighted by Crippen LogP contribution is -2.47. The van der Waals surface area contributed by atoms with Gasteiger partial charge in [0.05, 0.1) is 33.0 Å². The van der Waals surface area contributed by atoms with Crippen LogP contribution in [0.1, 0.15) is 16.5 Å². The third kappa shape index (κ3) is 5.78. The third-order valence-corrected chi connectivity index (χ3v) is 6.27. The molecular weight excluding hydrogens is 525 g/mol. The normalized spacial score (nSPS) is 16.7. The van der Waals surface area contributed by atoms with Gasteiger partial charge in [-0.05, 0) is 42.0 Å². The number of rotatable bonds is 5. The molecule has 3 heterocycles. The topological polar surface area (TPSA) is 63.9 Å². The number of morpholine rings is 1. The second-order valence-electron chi connectivity index (χ2n) is 7.15. The van der Waals surface area contributed by atoms with Crippen LogP contribution in [0.5, 0.6) is 5.75 Å². The first-order valence-electron chi connectivity index (χ1n) is 9.95. The van der Waals surface area contributed by atoms with E-state index in [9.17, 15) is 0 Å². The SMILES string of the molecule is CN=C(NCc1ccc(-c2ccc(OC)cc2)s1)N1CCOC(c2cnn(C)c2)C1.I. The highest BCUT2D eigenvalue weighted by atomic mass is 127. The molecule has 4 rings (SSSR count). The molecule has 1 atom stereocenters. The molecule has 1 aliphatic heterocycles. The molecule has 1 aliphatic rings. The number of aryl methyl sites for hydroxylation is 1. The molecule has 3 aromatic rings. The van der Waals surface area contributed by atoms with E-state index >= 15 is 0 Å². The van der Waals surface area contributed by atoms with Gasteiger partial charge in [-0.15, -0.1) is 35.3 Å². The van der Waals surface area contributed by atoms with E-state index in [1.807, 2.05) is 43.3 Å². The molecule has 0 bridgehead atoms. The van der Waals surface area contributed by atoms with E-state index in [4.69, 9.17) is 9.47 Å². The van der Waals surface area contributed by atoms with E-state index in [1.165, 1.54) is 15.3 Å². The van der Waals surface area contributed by atoms with E-state index in [0.717, 1.165) is 36.9 Å². The van der Waals surface area contributed by atoms with Crippen LogP contribution in [0.2, 0.25) is 0 Å². The van der Waals surface area contributed by atoms with Crippen LogP contribution < -0.4 is 10.1 Å². The fourth-order valence-electron chi connectivity index (χ4n) is 3.53.